The molecule has 2 aliphatic rings. The van der Waals surface area contributed by atoms with Gasteiger partial charge < -0.3 is 24.8 Å². The molecule has 1 saturated carbocycles. The number of hydrogen-bond donors (Lipinski definition) is 2. The molecule has 1 aromatic carbocycles. The van der Waals surface area contributed by atoms with Gasteiger partial charge in [-0.3, -0.25) is 19.6 Å². The average molecular weight is 565 g/mol. The van der Waals surface area contributed by atoms with Gasteiger partial charge in [0.2, 0.25) is 11.8 Å². The lowest BCUT2D eigenvalue weighted by Gasteiger charge is -2.34. The number of carbonyl (C=O) groups is 3. The maximum absolute atomic E-state index is 13.9. The minimum absolute atomic E-state index is 0.00639. The van der Waals surface area contributed by atoms with Crippen molar-refractivity contribution in [3.8, 4) is 11.5 Å². The van der Waals surface area contributed by atoms with Gasteiger partial charge in [0.1, 0.15) is 18.7 Å². The molecule has 1 saturated heterocycles. The third-order valence-electron chi connectivity index (χ3n) is 8.05. The molecule has 41 heavy (non-hydrogen) atoms. The lowest BCUT2D eigenvalue weighted by Crippen LogP contribution is -2.54. The zero-order valence-corrected chi connectivity index (χ0v) is 24.3. The van der Waals surface area contributed by atoms with Crippen LogP contribution in [0.15, 0.2) is 24.3 Å². The number of rotatable bonds is 9. The van der Waals surface area contributed by atoms with E-state index in [9.17, 15) is 19.5 Å². The molecule has 2 aromatic rings. The first-order valence-electron chi connectivity index (χ1n) is 14.3. The number of hydrogen-bond acceptors (Lipinski definition) is 8. The topological polar surface area (TPSA) is 131 Å². The SMILES string of the molecule is COc1cc(/C=C/C(=O)NC(C(=O)N2CCCC2C(=O)OCc2nc(C)c(C)nc2C)C2CCCCC2)ccc1O. The summed E-state index contributed by atoms with van der Waals surface area (Å²) < 4.78 is 10.8. The number of nitrogens with zero attached hydrogens (tertiary/aromatic N) is 3. The highest BCUT2D eigenvalue weighted by Crippen LogP contribution is 2.30. The number of nitrogens with one attached hydrogen (secondary N) is 1. The molecule has 2 fully saturated rings. The van der Waals surface area contributed by atoms with E-state index in [0.29, 0.717) is 42.1 Å². The van der Waals surface area contributed by atoms with E-state index in [1.54, 1.807) is 23.1 Å². The van der Waals surface area contributed by atoms with Gasteiger partial charge in [0.25, 0.3) is 0 Å². The molecular weight excluding hydrogens is 524 g/mol. The van der Waals surface area contributed by atoms with E-state index in [-0.39, 0.29) is 24.2 Å². The van der Waals surface area contributed by atoms with Crippen molar-refractivity contribution in [3.63, 3.8) is 0 Å². The number of ether oxygens (including phenoxy) is 2. The maximum atomic E-state index is 13.9. The summed E-state index contributed by atoms with van der Waals surface area (Å²) in [6.45, 7) is 6.00. The zero-order valence-electron chi connectivity index (χ0n) is 24.3. The van der Waals surface area contributed by atoms with Crippen LogP contribution in [0.3, 0.4) is 0 Å². The van der Waals surface area contributed by atoms with Crippen molar-refractivity contribution in [2.24, 2.45) is 5.92 Å². The second-order valence-electron chi connectivity index (χ2n) is 10.9. The fourth-order valence-corrected chi connectivity index (χ4v) is 5.61. The number of amides is 2. The van der Waals surface area contributed by atoms with Gasteiger partial charge in [0.05, 0.1) is 29.9 Å². The molecule has 0 spiro atoms. The first kappa shape index (κ1) is 30.0. The van der Waals surface area contributed by atoms with Crippen LogP contribution in [0.4, 0.5) is 0 Å². The van der Waals surface area contributed by atoms with Crippen molar-refractivity contribution in [1.29, 1.82) is 0 Å². The predicted molar refractivity (Wildman–Crippen MR) is 153 cm³/mol. The van der Waals surface area contributed by atoms with Crippen LogP contribution in [0, 0.1) is 26.7 Å². The van der Waals surface area contributed by atoms with E-state index >= 15 is 0 Å². The van der Waals surface area contributed by atoms with Gasteiger partial charge in [-0.25, -0.2) is 4.79 Å². The van der Waals surface area contributed by atoms with Gasteiger partial charge in [-0.2, -0.15) is 0 Å². The van der Waals surface area contributed by atoms with Gasteiger partial charge in [0.15, 0.2) is 11.5 Å². The van der Waals surface area contributed by atoms with Crippen LogP contribution in [-0.2, 0) is 25.7 Å². The first-order chi connectivity index (χ1) is 19.7. The van der Waals surface area contributed by atoms with Crippen LogP contribution in [0.5, 0.6) is 11.5 Å². The first-order valence-corrected chi connectivity index (χ1v) is 14.3. The van der Waals surface area contributed by atoms with Crippen LogP contribution in [-0.4, -0.2) is 63.5 Å². The molecule has 1 aliphatic heterocycles. The number of likely N-dealkylation sites (tertiary alicyclic amines) is 1. The Morgan fingerprint density at radius 2 is 1.78 bits per heavy atom. The van der Waals surface area contributed by atoms with Crippen LogP contribution in [0.2, 0.25) is 0 Å². The van der Waals surface area contributed by atoms with Gasteiger partial charge >= 0.3 is 5.97 Å². The Labute approximate surface area is 241 Å². The highest BCUT2D eigenvalue weighted by Gasteiger charge is 2.41. The Morgan fingerprint density at radius 1 is 1.05 bits per heavy atom. The summed E-state index contributed by atoms with van der Waals surface area (Å²) in [5.41, 5.74) is 3.59. The third kappa shape index (κ3) is 7.42. The summed E-state index contributed by atoms with van der Waals surface area (Å²) in [6, 6.07) is 3.34. The van der Waals surface area contributed by atoms with Gasteiger partial charge in [-0.15, -0.1) is 0 Å². The summed E-state index contributed by atoms with van der Waals surface area (Å²) in [5.74, 6) is -0.810. The molecule has 10 heteroatoms. The van der Waals surface area contributed by atoms with Crippen LogP contribution in [0.1, 0.15) is 73.3 Å². The number of methoxy groups -OCH3 is 1. The van der Waals surface area contributed by atoms with Gasteiger partial charge in [-0.05, 0) is 76.1 Å². The number of benzene rings is 1. The third-order valence-corrected chi connectivity index (χ3v) is 8.05. The number of carbonyl (C=O) groups excluding carboxylic acids is 3. The second-order valence-corrected chi connectivity index (χ2v) is 10.9. The van der Waals surface area contributed by atoms with Crippen molar-refractivity contribution in [2.45, 2.75) is 84.4 Å². The smallest absolute Gasteiger partial charge is 0.329 e. The maximum Gasteiger partial charge on any atom is 0.329 e. The fourth-order valence-electron chi connectivity index (χ4n) is 5.61. The molecule has 0 bridgehead atoms. The number of aryl methyl sites for hydroxylation is 3. The number of phenolic OH excluding ortho intramolecular Hbond substituents is 1. The molecule has 2 unspecified atom stereocenters. The monoisotopic (exact) mass is 564 g/mol. The molecule has 220 valence electrons. The Morgan fingerprint density at radius 3 is 2.51 bits per heavy atom. The van der Waals surface area contributed by atoms with Crippen LogP contribution >= 0.6 is 0 Å². The molecular formula is C31H40N4O6. The molecule has 2 amide bonds. The summed E-state index contributed by atoms with van der Waals surface area (Å²) in [5, 5.41) is 12.8. The highest BCUT2D eigenvalue weighted by molar-refractivity contribution is 5.96. The molecule has 1 aliphatic carbocycles. The van der Waals surface area contributed by atoms with Crippen LogP contribution in [0.25, 0.3) is 6.08 Å². The van der Waals surface area contributed by atoms with Gasteiger partial charge in [0, 0.05) is 12.6 Å². The Balaban J connectivity index is 1.45. The summed E-state index contributed by atoms with van der Waals surface area (Å²) in [6.07, 6.45) is 8.94. The molecule has 2 N–H and O–H groups in total. The summed E-state index contributed by atoms with van der Waals surface area (Å²) >= 11 is 0. The number of esters is 1. The quantitative estimate of drug-likeness (QED) is 0.346. The summed E-state index contributed by atoms with van der Waals surface area (Å²) in [7, 11) is 1.45. The van der Waals surface area contributed by atoms with E-state index in [1.165, 1.54) is 19.3 Å². The zero-order chi connectivity index (χ0) is 29.5. The molecule has 2 atom stereocenters. The highest BCUT2D eigenvalue weighted by atomic mass is 16.5. The van der Waals surface area contributed by atoms with E-state index in [4.69, 9.17) is 9.47 Å². The van der Waals surface area contributed by atoms with E-state index in [0.717, 1.165) is 43.5 Å². The minimum atomic E-state index is -0.733. The fraction of sp³-hybridized carbons (Fsp3) is 0.516. The van der Waals surface area contributed by atoms with Crippen LogP contribution < -0.4 is 10.1 Å². The number of aromatic hydroxyl groups is 1. The Hall–Kier alpha value is -3.95. The molecule has 0 radical (unpaired) electrons. The van der Waals surface area contributed by atoms with E-state index < -0.39 is 24.0 Å². The van der Waals surface area contributed by atoms with E-state index in [2.05, 4.69) is 15.3 Å². The Bertz CT molecular complexity index is 1300. The molecule has 4 rings (SSSR count). The molecule has 2 heterocycles. The van der Waals surface area contributed by atoms with E-state index in [1.807, 2.05) is 20.8 Å². The molecule has 10 nitrogen and oxygen atoms in total. The number of aromatic nitrogens is 2. The predicted octanol–water partition coefficient (Wildman–Crippen LogP) is 3.93. The normalized spacial score (nSPS) is 18.3. The average Bonchev–Trinajstić information content (AvgIpc) is 3.47. The van der Waals surface area contributed by atoms with Crippen molar-refractivity contribution in [2.75, 3.05) is 13.7 Å². The lowest BCUT2D eigenvalue weighted by atomic mass is 9.83. The van der Waals surface area contributed by atoms with Crippen molar-refractivity contribution >= 4 is 23.9 Å². The lowest BCUT2D eigenvalue weighted by molar-refractivity contribution is -0.155. The van der Waals surface area contributed by atoms with Crippen molar-refractivity contribution in [1.82, 2.24) is 20.2 Å². The molecule has 1 aromatic heterocycles. The number of phenols is 1. The van der Waals surface area contributed by atoms with Gasteiger partial charge in [-0.1, -0.05) is 25.3 Å². The standard InChI is InChI=1S/C31H40N4O6/c1-19-20(2)33-24(21(3)32-19)18-41-31(39)25-11-8-16-35(25)30(38)29(23-9-6-5-7-10-23)34-28(37)15-13-22-12-14-26(36)27(17-22)40-4/h12-15,17,23,25,29,36H,5-11,16,18H2,1-4H3,(H,34,37)/b15-13+. The second kappa shape index (κ2) is 13.6. The Kier molecular flexibility index (Phi) is 9.96. The minimum Gasteiger partial charge on any atom is -0.504 e. The van der Waals surface area contributed by atoms with Crippen molar-refractivity contribution in [3.05, 3.63) is 52.6 Å². The summed E-state index contributed by atoms with van der Waals surface area (Å²) in [4.78, 5) is 50.6. The van der Waals surface area contributed by atoms with Crippen molar-refractivity contribution < 1.29 is 29.0 Å². The largest absolute Gasteiger partial charge is 0.504 e.